The smallest absolute Gasteiger partial charge is 0.324 e. The van der Waals surface area contributed by atoms with Gasteiger partial charge < -0.3 is 14.6 Å². The Morgan fingerprint density at radius 2 is 1.88 bits per heavy atom. The number of hydrogen-bond acceptors (Lipinski definition) is 4. The van der Waals surface area contributed by atoms with Crippen LogP contribution in [0.25, 0.3) is 11.3 Å². The number of carbonyl (C=O) groups excluding carboxylic acids is 1. The van der Waals surface area contributed by atoms with Crippen LogP contribution in [0.15, 0.2) is 59.1 Å². The number of rotatable bonds is 4. The highest BCUT2D eigenvalue weighted by molar-refractivity contribution is 5.99. The zero-order valence-corrected chi connectivity index (χ0v) is 13.4. The lowest BCUT2D eigenvalue weighted by molar-refractivity contribution is 0.262. The molecule has 0 fully saturated rings. The van der Waals surface area contributed by atoms with Gasteiger partial charge in [-0.3, -0.25) is 5.32 Å². The molecular formula is C18H17N3O3. The van der Waals surface area contributed by atoms with Gasteiger partial charge in [-0.2, -0.15) is 0 Å². The Bertz CT molecular complexity index is 841. The zero-order chi connectivity index (χ0) is 16.9. The van der Waals surface area contributed by atoms with Crippen LogP contribution in [-0.4, -0.2) is 18.3 Å². The number of aromatic nitrogens is 1. The number of anilines is 2. The number of aryl methyl sites for hydroxylation is 1. The molecule has 2 N–H and O–H groups in total. The number of benzene rings is 2. The SMILES string of the molecule is COc1ccc(-c2cc(NC(=O)Nc3cccc(C)c3)no2)cc1. The maximum atomic E-state index is 12.0. The molecule has 6 heteroatoms. The predicted molar refractivity (Wildman–Crippen MR) is 92.3 cm³/mol. The molecule has 3 aromatic rings. The Morgan fingerprint density at radius 1 is 1.08 bits per heavy atom. The average Bonchev–Trinajstić information content (AvgIpc) is 3.03. The van der Waals surface area contributed by atoms with Gasteiger partial charge in [0.15, 0.2) is 11.6 Å². The van der Waals surface area contributed by atoms with E-state index in [-0.39, 0.29) is 6.03 Å². The number of ether oxygens (including phenoxy) is 1. The summed E-state index contributed by atoms with van der Waals surface area (Å²) < 4.78 is 10.4. The molecule has 0 atom stereocenters. The first-order valence-corrected chi connectivity index (χ1v) is 7.40. The van der Waals surface area contributed by atoms with E-state index in [9.17, 15) is 4.79 Å². The molecule has 0 saturated carbocycles. The molecule has 0 bridgehead atoms. The first kappa shape index (κ1) is 15.6. The lowest BCUT2D eigenvalue weighted by Crippen LogP contribution is -2.19. The first-order valence-electron chi connectivity index (χ1n) is 7.40. The highest BCUT2D eigenvalue weighted by atomic mass is 16.5. The molecule has 2 aromatic carbocycles. The second-order valence-corrected chi connectivity index (χ2v) is 5.25. The van der Waals surface area contributed by atoms with E-state index in [4.69, 9.17) is 9.26 Å². The van der Waals surface area contributed by atoms with E-state index < -0.39 is 0 Å². The van der Waals surface area contributed by atoms with Crippen molar-refractivity contribution in [2.45, 2.75) is 6.92 Å². The summed E-state index contributed by atoms with van der Waals surface area (Å²) >= 11 is 0. The number of amides is 2. The molecule has 6 nitrogen and oxygen atoms in total. The van der Waals surface area contributed by atoms with Gasteiger partial charge in [-0.05, 0) is 48.9 Å². The highest BCUT2D eigenvalue weighted by Gasteiger charge is 2.10. The van der Waals surface area contributed by atoms with Crippen LogP contribution in [0.3, 0.4) is 0 Å². The minimum Gasteiger partial charge on any atom is -0.497 e. The third kappa shape index (κ3) is 3.73. The second-order valence-electron chi connectivity index (χ2n) is 5.25. The summed E-state index contributed by atoms with van der Waals surface area (Å²) in [7, 11) is 1.61. The normalized spacial score (nSPS) is 10.2. The summed E-state index contributed by atoms with van der Waals surface area (Å²) in [6.45, 7) is 1.96. The Hall–Kier alpha value is -3.28. The van der Waals surface area contributed by atoms with Gasteiger partial charge in [0.05, 0.1) is 7.11 Å². The molecule has 0 radical (unpaired) electrons. The van der Waals surface area contributed by atoms with Crippen LogP contribution in [0, 0.1) is 6.92 Å². The Balaban J connectivity index is 1.65. The van der Waals surface area contributed by atoms with Gasteiger partial charge in [0.1, 0.15) is 5.75 Å². The molecule has 122 valence electrons. The Kier molecular flexibility index (Phi) is 4.47. The quantitative estimate of drug-likeness (QED) is 0.750. The number of nitrogens with zero attached hydrogens (tertiary/aromatic N) is 1. The molecule has 1 aromatic heterocycles. The van der Waals surface area contributed by atoms with E-state index in [1.807, 2.05) is 55.5 Å². The molecule has 2 amide bonds. The molecule has 24 heavy (non-hydrogen) atoms. The van der Waals surface area contributed by atoms with Crippen LogP contribution in [-0.2, 0) is 0 Å². The number of hydrogen-bond donors (Lipinski definition) is 2. The van der Waals surface area contributed by atoms with Crippen molar-refractivity contribution >= 4 is 17.5 Å². The molecule has 0 aliphatic heterocycles. The predicted octanol–water partition coefficient (Wildman–Crippen LogP) is 4.30. The van der Waals surface area contributed by atoms with Crippen LogP contribution in [0.5, 0.6) is 5.75 Å². The molecule has 0 unspecified atom stereocenters. The van der Waals surface area contributed by atoms with Gasteiger partial charge in [0.25, 0.3) is 0 Å². The minimum absolute atomic E-state index is 0.339. The van der Waals surface area contributed by atoms with Crippen molar-refractivity contribution in [2.75, 3.05) is 17.7 Å². The van der Waals surface area contributed by atoms with Gasteiger partial charge in [0, 0.05) is 17.3 Å². The van der Waals surface area contributed by atoms with Gasteiger partial charge in [-0.1, -0.05) is 17.3 Å². The second kappa shape index (κ2) is 6.87. The lowest BCUT2D eigenvalue weighted by Gasteiger charge is -2.05. The summed E-state index contributed by atoms with van der Waals surface area (Å²) in [4.78, 5) is 12.0. The van der Waals surface area contributed by atoms with E-state index in [1.54, 1.807) is 13.2 Å². The van der Waals surface area contributed by atoms with Gasteiger partial charge in [-0.15, -0.1) is 0 Å². The molecule has 0 aliphatic carbocycles. The van der Waals surface area contributed by atoms with Gasteiger partial charge >= 0.3 is 6.03 Å². The molecule has 0 saturated heterocycles. The molecule has 0 spiro atoms. The van der Waals surface area contributed by atoms with Crippen molar-refractivity contribution in [1.82, 2.24) is 5.16 Å². The van der Waals surface area contributed by atoms with Crippen molar-refractivity contribution in [3.8, 4) is 17.1 Å². The summed E-state index contributed by atoms with van der Waals surface area (Å²) in [5.74, 6) is 1.66. The summed E-state index contributed by atoms with van der Waals surface area (Å²) in [5, 5.41) is 9.25. The van der Waals surface area contributed by atoms with Gasteiger partial charge in [-0.25, -0.2) is 4.79 Å². The first-order chi connectivity index (χ1) is 11.6. The zero-order valence-electron chi connectivity index (χ0n) is 13.4. The number of methoxy groups -OCH3 is 1. The van der Waals surface area contributed by atoms with E-state index in [0.717, 1.165) is 16.9 Å². The van der Waals surface area contributed by atoms with E-state index in [2.05, 4.69) is 15.8 Å². The van der Waals surface area contributed by atoms with Crippen molar-refractivity contribution in [2.24, 2.45) is 0 Å². The summed E-state index contributed by atoms with van der Waals surface area (Å²) in [6.07, 6.45) is 0. The van der Waals surface area contributed by atoms with Crippen LogP contribution in [0.4, 0.5) is 16.3 Å². The van der Waals surface area contributed by atoms with Crippen molar-refractivity contribution in [3.63, 3.8) is 0 Å². The minimum atomic E-state index is -0.379. The topological polar surface area (TPSA) is 76.4 Å². The van der Waals surface area contributed by atoms with Crippen LogP contribution in [0.2, 0.25) is 0 Å². The van der Waals surface area contributed by atoms with Crippen molar-refractivity contribution in [3.05, 3.63) is 60.2 Å². The van der Waals surface area contributed by atoms with Gasteiger partial charge in [0.2, 0.25) is 0 Å². The van der Waals surface area contributed by atoms with Crippen molar-refractivity contribution in [1.29, 1.82) is 0 Å². The summed E-state index contributed by atoms with van der Waals surface area (Å²) in [6, 6.07) is 16.2. The fourth-order valence-corrected chi connectivity index (χ4v) is 2.23. The maximum absolute atomic E-state index is 12.0. The third-order valence-corrected chi connectivity index (χ3v) is 3.40. The lowest BCUT2D eigenvalue weighted by atomic mass is 10.2. The molecule has 0 aliphatic rings. The Morgan fingerprint density at radius 3 is 2.58 bits per heavy atom. The maximum Gasteiger partial charge on any atom is 0.324 e. The van der Waals surface area contributed by atoms with Crippen LogP contribution >= 0.6 is 0 Å². The number of urea groups is 1. The highest BCUT2D eigenvalue weighted by Crippen LogP contribution is 2.24. The fourth-order valence-electron chi connectivity index (χ4n) is 2.23. The monoisotopic (exact) mass is 323 g/mol. The van der Waals surface area contributed by atoms with Crippen LogP contribution in [0.1, 0.15) is 5.56 Å². The fraction of sp³-hybridized carbons (Fsp3) is 0.111. The number of carbonyl (C=O) groups is 1. The van der Waals surface area contributed by atoms with E-state index >= 15 is 0 Å². The van der Waals surface area contributed by atoms with E-state index in [1.165, 1.54) is 0 Å². The standard InChI is InChI=1S/C18H17N3O3/c1-12-4-3-5-14(10-12)19-18(22)20-17-11-16(24-21-17)13-6-8-15(23-2)9-7-13/h3-11H,1-2H3,(H2,19,20,21,22). The molecular weight excluding hydrogens is 306 g/mol. The largest absolute Gasteiger partial charge is 0.497 e. The average molecular weight is 323 g/mol. The number of nitrogens with one attached hydrogen (secondary N) is 2. The molecule has 1 heterocycles. The van der Waals surface area contributed by atoms with Crippen LogP contribution < -0.4 is 15.4 Å². The van der Waals surface area contributed by atoms with Crippen molar-refractivity contribution < 1.29 is 14.1 Å². The Labute approximate surface area is 139 Å². The third-order valence-electron chi connectivity index (χ3n) is 3.40. The molecule has 3 rings (SSSR count). The summed E-state index contributed by atoms with van der Waals surface area (Å²) in [5.41, 5.74) is 2.62. The van der Waals surface area contributed by atoms with E-state index in [0.29, 0.717) is 17.3 Å².